The number of thiazole rings is 1. The van der Waals surface area contributed by atoms with Crippen molar-refractivity contribution in [1.29, 1.82) is 0 Å². The molecular weight excluding hydrogens is 158 g/mol. The molecule has 1 rings (SSSR count). The van der Waals surface area contributed by atoms with Crippen LogP contribution in [0.5, 0.6) is 0 Å². The van der Waals surface area contributed by atoms with Gasteiger partial charge in [-0.25, -0.2) is 4.98 Å². The molecule has 0 saturated carbocycles. The third-order valence-electron chi connectivity index (χ3n) is 0.615. The quantitative estimate of drug-likeness (QED) is 0.498. The van der Waals surface area contributed by atoms with Gasteiger partial charge in [-0.3, -0.25) is 0 Å². The Kier molecular flexibility index (Phi) is 1.99. The van der Waals surface area contributed by atoms with Crippen LogP contribution in [0.3, 0.4) is 0 Å². The number of hydrogen-bond acceptors (Lipinski definition) is 3. The smallest absolute Gasteiger partial charge is 0.140 e. The molecular formula is C4H3NS3. The number of hydrogen-bond donors (Lipinski definition) is 1. The number of aromatic nitrogens is 1. The largest absolute Gasteiger partial charge is 0.243 e. The molecule has 1 aromatic heterocycles. The van der Waals surface area contributed by atoms with Gasteiger partial charge in [0.2, 0.25) is 0 Å². The zero-order chi connectivity index (χ0) is 5.98. The van der Waals surface area contributed by atoms with E-state index in [4.69, 9.17) is 12.2 Å². The van der Waals surface area contributed by atoms with Gasteiger partial charge in [0.1, 0.15) is 9.20 Å². The van der Waals surface area contributed by atoms with Crippen molar-refractivity contribution in [1.82, 2.24) is 4.98 Å². The molecule has 0 aliphatic carbocycles. The lowest BCUT2D eigenvalue weighted by Gasteiger charge is -1.81. The topological polar surface area (TPSA) is 12.9 Å². The van der Waals surface area contributed by atoms with Crippen LogP contribution >= 0.6 is 36.2 Å². The first-order valence-corrected chi connectivity index (χ1v) is 3.67. The second-order valence-electron chi connectivity index (χ2n) is 1.14. The van der Waals surface area contributed by atoms with Gasteiger partial charge >= 0.3 is 0 Å². The summed E-state index contributed by atoms with van der Waals surface area (Å²) in [6.45, 7) is 0. The highest BCUT2D eigenvalue weighted by Crippen LogP contribution is 2.07. The van der Waals surface area contributed by atoms with Crippen molar-refractivity contribution in [2.24, 2.45) is 0 Å². The highest BCUT2D eigenvalue weighted by atomic mass is 32.1. The second kappa shape index (κ2) is 2.57. The minimum atomic E-state index is 0.569. The molecule has 42 valence electrons. The summed E-state index contributed by atoms with van der Waals surface area (Å²) < 4.78 is 0.569. The van der Waals surface area contributed by atoms with Gasteiger partial charge in [-0.05, 0) is 0 Å². The molecule has 0 aliphatic heterocycles. The number of thiol groups is 1. The third-order valence-corrected chi connectivity index (χ3v) is 2.09. The van der Waals surface area contributed by atoms with Gasteiger partial charge in [-0.1, -0.05) is 12.2 Å². The van der Waals surface area contributed by atoms with E-state index in [0.717, 1.165) is 5.01 Å². The Morgan fingerprint density at radius 1 is 1.88 bits per heavy atom. The molecule has 0 atom stereocenters. The van der Waals surface area contributed by atoms with Gasteiger partial charge in [0, 0.05) is 11.6 Å². The van der Waals surface area contributed by atoms with Gasteiger partial charge in [0.15, 0.2) is 0 Å². The predicted molar refractivity (Wildman–Crippen MR) is 42.8 cm³/mol. The average Bonchev–Trinajstić information content (AvgIpc) is 2.12. The normalized spacial score (nSPS) is 9.12. The van der Waals surface area contributed by atoms with Crippen LogP contribution in [0.25, 0.3) is 0 Å². The van der Waals surface area contributed by atoms with Crippen LogP contribution in [0, 0.1) is 0 Å². The van der Waals surface area contributed by atoms with Crippen LogP contribution in [0.1, 0.15) is 5.01 Å². The lowest BCUT2D eigenvalue weighted by Crippen LogP contribution is -1.81. The van der Waals surface area contributed by atoms with E-state index in [2.05, 4.69) is 17.6 Å². The Balaban J connectivity index is 2.93. The van der Waals surface area contributed by atoms with Gasteiger partial charge in [-0.2, -0.15) is 0 Å². The summed E-state index contributed by atoms with van der Waals surface area (Å²) in [6.07, 6.45) is 1.71. The Hall–Kier alpha value is 0.0700. The fourth-order valence-corrected chi connectivity index (χ4v) is 1.22. The van der Waals surface area contributed by atoms with E-state index in [0.29, 0.717) is 4.20 Å². The first kappa shape index (κ1) is 6.19. The number of rotatable bonds is 1. The van der Waals surface area contributed by atoms with Crippen LogP contribution in [0.4, 0.5) is 0 Å². The van der Waals surface area contributed by atoms with Crippen molar-refractivity contribution in [3.63, 3.8) is 0 Å². The van der Waals surface area contributed by atoms with Crippen LogP contribution in [0.2, 0.25) is 0 Å². The lowest BCUT2D eigenvalue weighted by molar-refractivity contribution is 1.41. The standard InChI is InChI=1S/C4H3NS3/c6-4(7)3-5-1-2-8-3/h1-2H,(H,6,7). The van der Waals surface area contributed by atoms with E-state index in [9.17, 15) is 0 Å². The molecule has 1 aromatic rings. The molecule has 0 aromatic carbocycles. The summed E-state index contributed by atoms with van der Waals surface area (Å²) in [5, 5.41) is 2.70. The molecule has 0 spiro atoms. The summed E-state index contributed by atoms with van der Waals surface area (Å²) in [5.74, 6) is 0. The number of thiocarbonyl (C=S) groups is 1. The summed E-state index contributed by atoms with van der Waals surface area (Å²) >= 11 is 10.2. The van der Waals surface area contributed by atoms with E-state index in [-0.39, 0.29) is 0 Å². The first-order valence-electron chi connectivity index (χ1n) is 1.93. The Labute approximate surface area is 62.2 Å². The second-order valence-corrected chi connectivity index (χ2v) is 3.20. The highest BCUT2D eigenvalue weighted by molar-refractivity contribution is 8.12. The zero-order valence-corrected chi connectivity index (χ0v) is 6.39. The Morgan fingerprint density at radius 2 is 2.62 bits per heavy atom. The van der Waals surface area contributed by atoms with Crippen molar-refractivity contribution in [2.75, 3.05) is 0 Å². The fourth-order valence-electron chi connectivity index (χ4n) is 0.329. The molecule has 0 N–H and O–H groups in total. The van der Waals surface area contributed by atoms with Crippen molar-refractivity contribution >= 4 is 40.4 Å². The molecule has 0 amide bonds. The van der Waals surface area contributed by atoms with Crippen LogP contribution in [-0.4, -0.2) is 9.18 Å². The van der Waals surface area contributed by atoms with E-state index in [1.807, 2.05) is 5.38 Å². The molecule has 0 bridgehead atoms. The highest BCUT2D eigenvalue weighted by Gasteiger charge is 1.94. The maximum absolute atomic E-state index is 4.73. The van der Waals surface area contributed by atoms with Gasteiger partial charge < -0.3 is 0 Å². The SMILES string of the molecule is S=C(S)c1nccs1. The van der Waals surface area contributed by atoms with Gasteiger partial charge in [0.25, 0.3) is 0 Å². The molecule has 4 heteroatoms. The maximum atomic E-state index is 4.73. The Bertz CT molecular complexity index is 179. The molecule has 1 nitrogen and oxygen atoms in total. The predicted octanol–water partition coefficient (Wildman–Crippen LogP) is 1.75. The van der Waals surface area contributed by atoms with Crippen molar-refractivity contribution < 1.29 is 0 Å². The van der Waals surface area contributed by atoms with E-state index < -0.39 is 0 Å². The molecule has 0 fully saturated rings. The molecule has 0 unspecified atom stereocenters. The van der Waals surface area contributed by atoms with Crippen LogP contribution in [-0.2, 0) is 0 Å². The monoisotopic (exact) mass is 161 g/mol. The van der Waals surface area contributed by atoms with Gasteiger partial charge in [0.05, 0.1) is 0 Å². The zero-order valence-electron chi connectivity index (χ0n) is 3.87. The van der Waals surface area contributed by atoms with Gasteiger partial charge in [-0.15, -0.1) is 24.0 Å². The van der Waals surface area contributed by atoms with E-state index in [1.165, 1.54) is 11.3 Å². The summed E-state index contributed by atoms with van der Waals surface area (Å²) in [4.78, 5) is 3.92. The van der Waals surface area contributed by atoms with Crippen LogP contribution in [0.15, 0.2) is 11.6 Å². The lowest BCUT2D eigenvalue weighted by atomic mass is 10.8. The summed E-state index contributed by atoms with van der Waals surface area (Å²) in [7, 11) is 0. The minimum Gasteiger partial charge on any atom is -0.243 e. The molecule has 0 saturated heterocycles. The molecule has 1 heterocycles. The Morgan fingerprint density at radius 3 is 2.88 bits per heavy atom. The summed E-state index contributed by atoms with van der Waals surface area (Å²) in [5.41, 5.74) is 0. The van der Waals surface area contributed by atoms with Crippen molar-refractivity contribution in [3.8, 4) is 0 Å². The van der Waals surface area contributed by atoms with E-state index >= 15 is 0 Å². The van der Waals surface area contributed by atoms with Crippen LogP contribution < -0.4 is 0 Å². The molecule has 8 heavy (non-hydrogen) atoms. The summed E-state index contributed by atoms with van der Waals surface area (Å²) in [6, 6.07) is 0. The number of nitrogens with zero attached hydrogens (tertiary/aromatic N) is 1. The molecule has 0 aliphatic rings. The molecule has 0 radical (unpaired) electrons. The fraction of sp³-hybridized carbons (Fsp3) is 0. The van der Waals surface area contributed by atoms with Crippen molar-refractivity contribution in [3.05, 3.63) is 16.6 Å². The third kappa shape index (κ3) is 1.27. The first-order chi connectivity index (χ1) is 3.80. The van der Waals surface area contributed by atoms with Crippen molar-refractivity contribution in [2.45, 2.75) is 0 Å². The minimum absolute atomic E-state index is 0.569. The average molecular weight is 161 g/mol. The van der Waals surface area contributed by atoms with E-state index in [1.54, 1.807) is 6.20 Å². The maximum Gasteiger partial charge on any atom is 0.140 e.